The van der Waals surface area contributed by atoms with Crippen molar-refractivity contribution < 1.29 is 14.1 Å². The van der Waals surface area contributed by atoms with E-state index >= 15 is 0 Å². The third kappa shape index (κ3) is 3.41. The van der Waals surface area contributed by atoms with Gasteiger partial charge in [0.25, 0.3) is 5.69 Å². The Bertz CT molecular complexity index is 785. The van der Waals surface area contributed by atoms with Gasteiger partial charge in [-0.15, -0.1) is 0 Å². The van der Waals surface area contributed by atoms with E-state index in [-0.39, 0.29) is 34.9 Å². The highest BCUT2D eigenvalue weighted by atomic mass is 19.1. The van der Waals surface area contributed by atoms with Gasteiger partial charge in [0.15, 0.2) is 0 Å². The second-order valence-electron chi connectivity index (χ2n) is 4.68. The molecule has 1 aromatic heterocycles. The number of hydrogen-bond donors (Lipinski definition) is 1. The van der Waals surface area contributed by atoms with Crippen LogP contribution in [0.25, 0.3) is 0 Å². The molecule has 0 aliphatic heterocycles. The van der Waals surface area contributed by atoms with Crippen molar-refractivity contribution in [1.29, 1.82) is 5.26 Å². The largest absolute Gasteiger partial charge is 0.380 e. The number of anilines is 2. The molecule has 118 valence electrons. The van der Waals surface area contributed by atoms with Crippen LogP contribution in [-0.2, 0) is 11.3 Å². The molecule has 0 radical (unpaired) electrons. The van der Waals surface area contributed by atoms with Gasteiger partial charge in [-0.2, -0.15) is 5.26 Å². The zero-order valence-electron chi connectivity index (χ0n) is 12.5. The molecule has 2 aromatic rings. The fraction of sp³-hybridized carbons (Fsp3) is 0.200. The van der Waals surface area contributed by atoms with E-state index in [1.807, 2.05) is 6.07 Å². The lowest BCUT2D eigenvalue weighted by molar-refractivity contribution is -0.386. The Hall–Kier alpha value is -3.05. The summed E-state index contributed by atoms with van der Waals surface area (Å²) in [6.45, 7) is 1.38. The second-order valence-corrected chi connectivity index (χ2v) is 4.68. The van der Waals surface area contributed by atoms with E-state index in [9.17, 15) is 19.8 Å². The van der Waals surface area contributed by atoms with Crippen LogP contribution in [0.4, 0.5) is 21.6 Å². The van der Waals surface area contributed by atoms with Crippen molar-refractivity contribution >= 4 is 17.2 Å². The van der Waals surface area contributed by atoms with Crippen LogP contribution in [0.2, 0.25) is 0 Å². The fourth-order valence-corrected chi connectivity index (χ4v) is 2.16. The van der Waals surface area contributed by atoms with Crippen LogP contribution in [0, 0.1) is 34.2 Å². The van der Waals surface area contributed by atoms with Gasteiger partial charge >= 0.3 is 0 Å². The molecule has 0 aliphatic carbocycles. The van der Waals surface area contributed by atoms with Crippen molar-refractivity contribution in [3.8, 4) is 6.07 Å². The zero-order chi connectivity index (χ0) is 17.0. The quantitative estimate of drug-likeness (QED) is 0.671. The molecule has 0 saturated heterocycles. The maximum absolute atomic E-state index is 13.0. The number of rotatable bonds is 5. The number of pyridine rings is 1. The molecule has 1 heterocycles. The van der Waals surface area contributed by atoms with Crippen LogP contribution in [0.5, 0.6) is 0 Å². The Morgan fingerprint density at radius 1 is 1.43 bits per heavy atom. The third-order valence-electron chi connectivity index (χ3n) is 3.14. The predicted octanol–water partition coefficient (Wildman–Crippen LogP) is 3.20. The Balaban J connectivity index is 2.57. The molecular formula is C15H13FN4O3. The van der Waals surface area contributed by atoms with Crippen LogP contribution in [0.1, 0.15) is 16.8 Å². The molecule has 0 bridgehead atoms. The van der Waals surface area contributed by atoms with Gasteiger partial charge < -0.3 is 10.1 Å². The lowest BCUT2D eigenvalue weighted by Crippen LogP contribution is -2.08. The molecule has 2 rings (SSSR count). The van der Waals surface area contributed by atoms with E-state index in [0.29, 0.717) is 5.69 Å². The summed E-state index contributed by atoms with van der Waals surface area (Å²) in [4.78, 5) is 14.7. The molecule has 23 heavy (non-hydrogen) atoms. The summed E-state index contributed by atoms with van der Waals surface area (Å²) in [5, 5.41) is 23.5. The van der Waals surface area contributed by atoms with Crippen molar-refractivity contribution in [2.24, 2.45) is 0 Å². The first-order valence-corrected chi connectivity index (χ1v) is 6.57. The second kappa shape index (κ2) is 6.81. The summed E-state index contributed by atoms with van der Waals surface area (Å²) in [5.74, 6) is -0.238. The number of hydrogen-bond acceptors (Lipinski definition) is 6. The number of methoxy groups -OCH3 is 1. The van der Waals surface area contributed by atoms with E-state index in [1.54, 1.807) is 0 Å². The van der Waals surface area contributed by atoms with Gasteiger partial charge in [0.05, 0.1) is 17.1 Å². The van der Waals surface area contributed by atoms with Gasteiger partial charge in [-0.1, -0.05) is 0 Å². The minimum atomic E-state index is -0.584. The summed E-state index contributed by atoms with van der Waals surface area (Å²) in [7, 11) is 1.38. The van der Waals surface area contributed by atoms with Crippen LogP contribution in [0.3, 0.4) is 0 Å². The van der Waals surface area contributed by atoms with Crippen LogP contribution in [-0.4, -0.2) is 17.0 Å². The Morgan fingerprint density at radius 3 is 2.61 bits per heavy atom. The van der Waals surface area contributed by atoms with Crippen LogP contribution < -0.4 is 5.32 Å². The van der Waals surface area contributed by atoms with Crippen molar-refractivity contribution in [1.82, 2.24) is 4.98 Å². The van der Waals surface area contributed by atoms with Gasteiger partial charge in [0, 0.05) is 12.8 Å². The lowest BCUT2D eigenvalue weighted by atomic mass is 10.1. The van der Waals surface area contributed by atoms with E-state index in [4.69, 9.17) is 4.74 Å². The highest BCUT2D eigenvalue weighted by molar-refractivity contribution is 5.69. The molecule has 7 nitrogen and oxygen atoms in total. The number of benzene rings is 1. The maximum atomic E-state index is 13.0. The molecular weight excluding hydrogens is 303 g/mol. The van der Waals surface area contributed by atoms with Crippen molar-refractivity contribution in [3.63, 3.8) is 0 Å². The van der Waals surface area contributed by atoms with Gasteiger partial charge in [-0.05, 0) is 31.2 Å². The van der Waals surface area contributed by atoms with Crippen LogP contribution in [0.15, 0.2) is 24.3 Å². The summed E-state index contributed by atoms with van der Waals surface area (Å²) < 4.78 is 17.9. The van der Waals surface area contributed by atoms with Gasteiger partial charge in [-0.3, -0.25) is 10.1 Å². The predicted molar refractivity (Wildman–Crippen MR) is 80.7 cm³/mol. The fourth-order valence-electron chi connectivity index (χ4n) is 2.16. The van der Waals surface area contributed by atoms with E-state index in [1.165, 1.54) is 38.3 Å². The van der Waals surface area contributed by atoms with Gasteiger partial charge in [0.2, 0.25) is 0 Å². The van der Waals surface area contributed by atoms with E-state index in [2.05, 4.69) is 10.3 Å². The molecule has 0 atom stereocenters. The summed E-state index contributed by atoms with van der Waals surface area (Å²) >= 11 is 0. The summed E-state index contributed by atoms with van der Waals surface area (Å²) in [5.41, 5.74) is 0.594. The average molecular weight is 316 g/mol. The molecule has 1 aromatic carbocycles. The van der Waals surface area contributed by atoms with E-state index in [0.717, 1.165) is 0 Å². The number of nitro groups is 1. The van der Waals surface area contributed by atoms with Gasteiger partial charge in [0.1, 0.15) is 29.0 Å². The highest BCUT2D eigenvalue weighted by Crippen LogP contribution is 2.31. The zero-order valence-corrected chi connectivity index (χ0v) is 12.5. The minimum absolute atomic E-state index is 0.0217. The molecule has 0 fully saturated rings. The standard InChI is InChI=1S/C15H13FN4O3/c1-9-14(20(21)22)13(8-23-2)12(7-17)15(18-9)19-11-5-3-10(16)4-6-11/h3-6H,8H2,1-2H3,(H,18,19). The number of aromatic nitrogens is 1. The first-order chi connectivity index (χ1) is 11.0. The summed E-state index contributed by atoms with van der Waals surface area (Å²) in [6.07, 6.45) is 0. The first kappa shape index (κ1) is 16.3. The summed E-state index contributed by atoms with van der Waals surface area (Å²) in [6, 6.07) is 7.38. The smallest absolute Gasteiger partial charge is 0.297 e. The molecule has 0 unspecified atom stereocenters. The average Bonchev–Trinajstić information content (AvgIpc) is 2.49. The minimum Gasteiger partial charge on any atom is -0.380 e. The van der Waals surface area contributed by atoms with E-state index < -0.39 is 10.7 Å². The number of halogens is 1. The van der Waals surface area contributed by atoms with Crippen molar-refractivity contribution in [2.45, 2.75) is 13.5 Å². The number of aryl methyl sites for hydroxylation is 1. The van der Waals surface area contributed by atoms with Gasteiger partial charge in [-0.25, -0.2) is 9.37 Å². The maximum Gasteiger partial charge on any atom is 0.297 e. The number of ether oxygens (including phenoxy) is 1. The number of nitriles is 1. The topological polar surface area (TPSA) is 101 Å². The molecule has 0 aliphatic rings. The van der Waals surface area contributed by atoms with Crippen molar-refractivity contribution in [3.05, 3.63) is 57.0 Å². The van der Waals surface area contributed by atoms with Crippen molar-refractivity contribution in [2.75, 3.05) is 12.4 Å². The third-order valence-corrected chi connectivity index (χ3v) is 3.14. The SMILES string of the molecule is COCc1c(C#N)c(Nc2ccc(F)cc2)nc(C)c1[N+](=O)[O-]. The normalized spacial score (nSPS) is 10.2. The Morgan fingerprint density at radius 2 is 2.09 bits per heavy atom. The molecule has 0 spiro atoms. The Labute approximate surface area is 131 Å². The highest BCUT2D eigenvalue weighted by Gasteiger charge is 2.26. The Kier molecular flexibility index (Phi) is 4.83. The monoisotopic (exact) mass is 316 g/mol. The lowest BCUT2D eigenvalue weighted by Gasteiger charge is -2.12. The molecule has 1 N–H and O–H groups in total. The van der Waals surface area contributed by atoms with Crippen LogP contribution >= 0.6 is 0 Å². The first-order valence-electron chi connectivity index (χ1n) is 6.57. The number of nitrogens with one attached hydrogen (secondary N) is 1. The molecule has 8 heteroatoms. The number of nitrogens with zero attached hydrogens (tertiary/aromatic N) is 3. The molecule has 0 amide bonds. The molecule has 0 saturated carbocycles.